The van der Waals surface area contributed by atoms with Crippen molar-refractivity contribution in [1.29, 1.82) is 0 Å². The summed E-state index contributed by atoms with van der Waals surface area (Å²) in [6, 6.07) is 11.4. The van der Waals surface area contributed by atoms with E-state index in [0.717, 1.165) is 31.9 Å². The van der Waals surface area contributed by atoms with Gasteiger partial charge in [0.05, 0.1) is 10.5 Å². The number of hydrogen-bond donors (Lipinski definition) is 0. The topological polar surface area (TPSA) is 77.5 Å². The number of aryl methyl sites for hydroxylation is 2. The van der Waals surface area contributed by atoms with E-state index in [1.54, 1.807) is 12.1 Å². The molecule has 0 fully saturated rings. The Hall–Kier alpha value is -2.47. The summed E-state index contributed by atoms with van der Waals surface area (Å²) < 4.78 is 28.6. The monoisotopic (exact) mass is 372 g/mol. The smallest absolute Gasteiger partial charge is 0.339 e. The van der Waals surface area contributed by atoms with E-state index in [4.69, 9.17) is 4.74 Å². The zero-order chi connectivity index (χ0) is 18.7. The summed E-state index contributed by atoms with van der Waals surface area (Å²) in [5.74, 6) is -1.12. The lowest BCUT2D eigenvalue weighted by molar-refractivity contribution is 0.0471. The number of esters is 1. The molecule has 0 aromatic heterocycles. The number of benzene rings is 2. The van der Waals surface area contributed by atoms with Crippen LogP contribution in [0.3, 0.4) is 0 Å². The van der Waals surface area contributed by atoms with Gasteiger partial charge in [-0.25, -0.2) is 13.2 Å². The highest BCUT2D eigenvalue weighted by molar-refractivity contribution is 7.90. The van der Waals surface area contributed by atoms with Gasteiger partial charge in [-0.1, -0.05) is 24.3 Å². The van der Waals surface area contributed by atoms with Crippen molar-refractivity contribution in [3.63, 3.8) is 0 Å². The Morgan fingerprint density at radius 2 is 1.69 bits per heavy atom. The van der Waals surface area contributed by atoms with Crippen LogP contribution in [-0.2, 0) is 27.4 Å². The van der Waals surface area contributed by atoms with Gasteiger partial charge in [0.1, 0.15) is 0 Å². The van der Waals surface area contributed by atoms with Gasteiger partial charge in [0, 0.05) is 11.8 Å². The van der Waals surface area contributed by atoms with E-state index in [-0.39, 0.29) is 16.2 Å². The minimum atomic E-state index is -3.57. The Morgan fingerprint density at radius 1 is 1.00 bits per heavy atom. The first-order valence-corrected chi connectivity index (χ1v) is 10.4. The Labute approximate surface area is 152 Å². The molecule has 1 aliphatic carbocycles. The average Bonchev–Trinajstić information content (AvgIpc) is 2.64. The molecule has 0 saturated carbocycles. The zero-order valence-corrected chi connectivity index (χ0v) is 15.3. The number of carbonyl (C=O) groups excluding carboxylic acids is 2. The maximum atomic E-state index is 12.4. The molecule has 0 atom stereocenters. The standard InChI is InChI=1S/C20H20O5S/c1-26(23,24)19-9-5-4-8-17(19)20(22)25-13-18(21)16-11-10-14-6-2-3-7-15(14)12-16/h4-5,8-12H,2-3,6-7,13H2,1H3. The van der Waals surface area contributed by atoms with Crippen molar-refractivity contribution in [3.05, 3.63) is 64.7 Å². The number of sulfone groups is 1. The van der Waals surface area contributed by atoms with Crippen molar-refractivity contribution in [3.8, 4) is 0 Å². The molecule has 1 aliphatic rings. The van der Waals surface area contributed by atoms with Gasteiger partial charge >= 0.3 is 5.97 Å². The van der Waals surface area contributed by atoms with E-state index in [9.17, 15) is 18.0 Å². The molecule has 0 aliphatic heterocycles. The fourth-order valence-electron chi connectivity index (χ4n) is 3.16. The molecule has 3 rings (SSSR count). The van der Waals surface area contributed by atoms with Crippen molar-refractivity contribution in [1.82, 2.24) is 0 Å². The van der Waals surface area contributed by atoms with E-state index in [2.05, 4.69) is 0 Å². The van der Waals surface area contributed by atoms with E-state index < -0.39 is 22.4 Å². The van der Waals surface area contributed by atoms with Gasteiger partial charge in [-0.15, -0.1) is 0 Å². The lowest BCUT2D eigenvalue weighted by Crippen LogP contribution is -2.17. The van der Waals surface area contributed by atoms with E-state index in [0.29, 0.717) is 5.56 Å². The van der Waals surface area contributed by atoms with Crippen LogP contribution in [0.25, 0.3) is 0 Å². The predicted octanol–water partition coefficient (Wildman–Crippen LogP) is 3.01. The highest BCUT2D eigenvalue weighted by atomic mass is 32.2. The highest BCUT2D eigenvalue weighted by Gasteiger charge is 2.20. The number of fused-ring (bicyclic) bond motifs is 1. The van der Waals surface area contributed by atoms with Crippen LogP contribution in [0.15, 0.2) is 47.4 Å². The van der Waals surface area contributed by atoms with Crippen LogP contribution in [0.1, 0.15) is 44.7 Å². The van der Waals surface area contributed by atoms with Crippen LogP contribution >= 0.6 is 0 Å². The molecule has 6 heteroatoms. The minimum Gasteiger partial charge on any atom is -0.454 e. The molecule has 0 bridgehead atoms. The normalized spacial score (nSPS) is 13.7. The lowest BCUT2D eigenvalue weighted by atomic mass is 9.90. The molecular weight excluding hydrogens is 352 g/mol. The van der Waals surface area contributed by atoms with Gasteiger partial charge < -0.3 is 4.74 Å². The predicted molar refractivity (Wildman–Crippen MR) is 97.2 cm³/mol. The summed E-state index contributed by atoms with van der Waals surface area (Å²) in [6.07, 6.45) is 5.29. The third kappa shape index (κ3) is 4.02. The average molecular weight is 372 g/mol. The summed E-state index contributed by atoms with van der Waals surface area (Å²) in [7, 11) is -3.57. The Kier molecular flexibility index (Phi) is 5.23. The summed E-state index contributed by atoms with van der Waals surface area (Å²) >= 11 is 0. The molecule has 136 valence electrons. The van der Waals surface area contributed by atoms with Gasteiger partial charge in [-0.3, -0.25) is 4.79 Å². The van der Waals surface area contributed by atoms with Gasteiger partial charge in [-0.05, 0) is 55.0 Å². The summed E-state index contributed by atoms with van der Waals surface area (Å²) in [5.41, 5.74) is 2.89. The van der Waals surface area contributed by atoms with Crippen LogP contribution in [0.2, 0.25) is 0 Å². The van der Waals surface area contributed by atoms with Gasteiger partial charge in [0.15, 0.2) is 22.2 Å². The van der Waals surface area contributed by atoms with Crippen LogP contribution in [-0.4, -0.2) is 33.0 Å². The van der Waals surface area contributed by atoms with E-state index in [1.165, 1.54) is 29.3 Å². The van der Waals surface area contributed by atoms with Crippen molar-refractivity contribution in [2.24, 2.45) is 0 Å². The largest absolute Gasteiger partial charge is 0.454 e. The third-order valence-electron chi connectivity index (χ3n) is 4.51. The molecule has 0 N–H and O–H groups in total. The lowest BCUT2D eigenvalue weighted by Gasteiger charge is -2.16. The second kappa shape index (κ2) is 7.41. The molecule has 2 aromatic rings. The Balaban J connectivity index is 1.71. The quantitative estimate of drug-likeness (QED) is 0.596. The molecule has 0 radical (unpaired) electrons. The Morgan fingerprint density at radius 3 is 2.42 bits per heavy atom. The number of ketones is 1. The maximum absolute atomic E-state index is 12.4. The van der Waals surface area contributed by atoms with Crippen molar-refractivity contribution in [2.45, 2.75) is 30.6 Å². The molecule has 0 saturated heterocycles. The van der Waals surface area contributed by atoms with Crippen molar-refractivity contribution < 1.29 is 22.7 Å². The third-order valence-corrected chi connectivity index (χ3v) is 5.67. The molecule has 0 unspecified atom stereocenters. The fourth-order valence-corrected chi connectivity index (χ4v) is 4.03. The first-order valence-electron chi connectivity index (χ1n) is 8.47. The van der Waals surface area contributed by atoms with E-state index in [1.807, 2.05) is 12.1 Å². The van der Waals surface area contributed by atoms with Crippen LogP contribution < -0.4 is 0 Å². The van der Waals surface area contributed by atoms with Gasteiger partial charge in [0.2, 0.25) is 0 Å². The molecule has 0 amide bonds. The number of Topliss-reactive ketones (excluding diaryl/α,β-unsaturated/α-hetero) is 1. The number of carbonyl (C=O) groups is 2. The van der Waals surface area contributed by atoms with E-state index >= 15 is 0 Å². The second-order valence-corrected chi connectivity index (χ2v) is 8.44. The Bertz CT molecular complexity index is 960. The molecule has 0 spiro atoms. The minimum absolute atomic E-state index is 0.0618. The summed E-state index contributed by atoms with van der Waals surface area (Å²) in [4.78, 5) is 24.5. The van der Waals surface area contributed by atoms with Crippen molar-refractivity contribution in [2.75, 3.05) is 12.9 Å². The molecular formula is C20H20O5S. The maximum Gasteiger partial charge on any atom is 0.339 e. The van der Waals surface area contributed by atoms with Crippen molar-refractivity contribution >= 4 is 21.6 Å². The van der Waals surface area contributed by atoms with Gasteiger partial charge in [0.25, 0.3) is 0 Å². The zero-order valence-electron chi connectivity index (χ0n) is 14.5. The molecule has 26 heavy (non-hydrogen) atoms. The fraction of sp³-hybridized carbons (Fsp3) is 0.300. The second-order valence-electron chi connectivity index (χ2n) is 6.46. The molecule has 2 aromatic carbocycles. The van der Waals surface area contributed by atoms with Crippen LogP contribution in [0.5, 0.6) is 0 Å². The highest BCUT2D eigenvalue weighted by Crippen LogP contribution is 2.22. The summed E-state index contributed by atoms with van der Waals surface area (Å²) in [5, 5.41) is 0. The molecule has 0 heterocycles. The first kappa shape index (κ1) is 18.3. The van der Waals surface area contributed by atoms with Crippen LogP contribution in [0, 0.1) is 0 Å². The SMILES string of the molecule is CS(=O)(=O)c1ccccc1C(=O)OCC(=O)c1ccc2c(c1)CCCC2. The number of hydrogen-bond acceptors (Lipinski definition) is 5. The first-order chi connectivity index (χ1) is 12.4. The summed E-state index contributed by atoms with van der Waals surface area (Å²) in [6.45, 7) is -0.421. The number of ether oxygens (including phenoxy) is 1. The van der Waals surface area contributed by atoms with Crippen LogP contribution in [0.4, 0.5) is 0 Å². The van der Waals surface area contributed by atoms with Gasteiger partial charge in [-0.2, -0.15) is 0 Å². The number of rotatable bonds is 5. The molecule has 5 nitrogen and oxygen atoms in total.